The molecule has 37 heavy (non-hydrogen) atoms. The van der Waals surface area contributed by atoms with Gasteiger partial charge in [0.05, 0.1) is 11.1 Å². The lowest BCUT2D eigenvalue weighted by Crippen LogP contribution is -2.47. The van der Waals surface area contributed by atoms with Crippen molar-refractivity contribution in [1.82, 2.24) is 4.98 Å². The second kappa shape index (κ2) is 9.41. The zero-order chi connectivity index (χ0) is 26.5. The van der Waals surface area contributed by atoms with E-state index in [9.17, 15) is 14.4 Å². The zero-order valence-corrected chi connectivity index (χ0v) is 21.8. The van der Waals surface area contributed by atoms with Crippen LogP contribution in [0.25, 0.3) is 33.5 Å². The fourth-order valence-corrected chi connectivity index (χ4v) is 4.53. The number of imide groups is 1. The normalized spacial score (nSPS) is 14.5. The van der Waals surface area contributed by atoms with Crippen LogP contribution in [0.15, 0.2) is 59.0 Å². The van der Waals surface area contributed by atoms with Crippen LogP contribution in [0.1, 0.15) is 31.3 Å². The molecule has 5 rings (SSSR count). The number of aromatic nitrogens is 1. The van der Waals surface area contributed by atoms with Crippen molar-refractivity contribution < 1.29 is 23.5 Å². The Morgan fingerprint density at radius 1 is 0.946 bits per heavy atom. The monoisotopic (exact) mass is 536 g/mol. The molecule has 0 unspecified atom stereocenters. The number of amides is 2. The van der Waals surface area contributed by atoms with Gasteiger partial charge in [0.2, 0.25) is 11.5 Å². The number of fused-ring (bicyclic) bond motifs is 1. The second-order valence-corrected chi connectivity index (χ2v) is 10.5. The minimum absolute atomic E-state index is 0.0710. The Kier molecular flexibility index (Phi) is 6.40. The van der Waals surface area contributed by atoms with E-state index in [1.54, 1.807) is 45.0 Å². The molecule has 1 aliphatic heterocycles. The predicted octanol–water partition coefficient (Wildman–Crippen LogP) is 6.59. The van der Waals surface area contributed by atoms with E-state index in [2.05, 4.69) is 0 Å². The summed E-state index contributed by atoms with van der Waals surface area (Å²) in [5, 5.41) is 1.38. The van der Waals surface area contributed by atoms with Crippen LogP contribution in [-0.4, -0.2) is 35.8 Å². The van der Waals surface area contributed by atoms with E-state index in [4.69, 9.17) is 37.3 Å². The van der Waals surface area contributed by atoms with Crippen molar-refractivity contribution in [3.63, 3.8) is 0 Å². The number of carbonyl (C=O) groups is 3. The van der Waals surface area contributed by atoms with E-state index in [1.165, 1.54) is 0 Å². The van der Waals surface area contributed by atoms with Gasteiger partial charge in [0.25, 0.3) is 11.8 Å². The fourth-order valence-electron chi connectivity index (χ4n) is 4.18. The van der Waals surface area contributed by atoms with Gasteiger partial charge in [-0.1, -0.05) is 74.3 Å². The molecule has 0 saturated carbocycles. The first-order valence-corrected chi connectivity index (χ1v) is 12.3. The number of morpholine rings is 1. The number of ketones is 1. The van der Waals surface area contributed by atoms with Crippen LogP contribution >= 0.6 is 23.2 Å². The number of pyridine rings is 1. The topological polar surface area (TPSA) is 89.7 Å². The van der Waals surface area contributed by atoms with Crippen molar-refractivity contribution in [2.45, 2.75) is 20.8 Å². The van der Waals surface area contributed by atoms with Gasteiger partial charge in [0.1, 0.15) is 18.9 Å². The third-order valence-corrected chi connectivity index (χ3v) is 6.58. The lowest BCUT2D eigenvalue weighted by molar-refractivity contribution is -0.138. The van der Waals surface area contributed by atoms with Crippen LogP contribution in [0.3, 0.4) is 0 Å². The molecule has 9 heteroatoms. The Morgan fingerprint density at radius 2 is 1.59 bits per heavy atom. The van der Waals surface area contributed by atoms with Crippen molar-refractivity contribution in [2.75, 3.05) is 18.1 Å². The number of benzene rings is 2. The predicted molar refractivity (Wildman–Crippen MR) is 142 cm³/mol. The highest BCUT2D eigenvalue weighted by molar-refractivity contribution is 6.33. The standard InChI is InChI=1S/C28H22Cl2N2O5/c1-28(2,3)26(35)25-24(32-21(33)13-36-14-22(32)34)19-12-18(15-8-10-16(29)11-9-15)23(31-27(19)37-25)17-6-4-5-7-20(17)30/h4-12H,13-14H2,1-3H3. The second-order valence-electron chi connectivity index (χ2n) is 9.70. The molecule has 1 fully saturated rings. The molecule has 0 spiro atoms. The SMILES string of the molecule is CC(C)(C)C(=O)c1oc2nc(-c3ccccc3Cl)c(-c3ccc(Cl)cc3)cc2c1N1C(=O)COCC1=O. The number of carbonyl (C=O) groups excluding carboxylic acids is 3. The van der Waals surface area contributed by atoms with Gasteiger partial charge < -0.3 is 9.15 Å². The summed E-state index contributed by atoms with van der Waals surface area (Å²) < 4.78 is 11.1. The Balaban J connectivity index is 1.87. The summed E-state index contributed by atoms with van der Waals surface area (Å²) in [7, 11) is 0. The lowest BCUT2D eigenvalue weighted by Gasteiger charge is -2.26. The Labute approximate surface area is 222 Å². The number of hydrogen-bond acceptors (Lipinski definition) is 6. The van der Waals surface area contributed by atoms with Crippen LogP contribution in [0.4, 0.5) is 5.69 Å². The first kappa shape index (κ1) is 25.1. The summed E-state index contributed by atoms with van der Waals surface area (Å²) >= 11 is 12.7. The van der Waals surface area contributed by atoms with Crippen molar-refractivity contribution >= 4 is 57.6 Å². The summed E-state index contributed by atoms with van der Waals surface area (Å²) in [4.78, 5) is 45.0. The van der Waals surface area contributed by atoms with Gasteiger partial charge in [-0.3, -0.25) is 14.4 Å². The smallest absolute Gasteiger partial charge is 0.259 e. The quantitative estimate of drug-likeness (QED) is 0.216. The molecule has 7 nitrogen and oxygen atoms in total. The van der Waals surface area contributed by atoms with Crippen molar-refractivity contribution in [3.8, 4) is 22.4 Å². The average Bonchev–Trinajstić information content (AvgIpc) is 3.21. The van der Waals surface area contributed by atoms with Crippen LogP contribution in [-0.2, 0) is 14.3 Å². The summed E-state index contributed by atoms with van der Waals surface area (Å²) in [5.41, 5.74) is 1.90. The minimum atomic E-state index is -0.856. The van der Waals surface area contributed by atoms with Gasteiger partial charge in [0, 0.05) is 26.6 Å². The molecule has 4 aromatic rings. The highest BCUT2D eigenvalue weighted by Crippen LogP contribution is 2.43. The fraction of sp³-hybridized carbons (Fsp3) is 0.214. The van der Waals surface area contributed by atoms with Crippen LogP contribution in [0.2, 0.25) is 10.0 Å². The molecule has 0 atom stereocenters. The number of rotatable bonds is 4. The van der Waals surface area contributed by atoms with Gasteiger partial charge in [-0.05, 0) is 29.8 Å². The number of halogens is 2. The Morgan fingerprint density at radius 3 is 2.22 bits per heavy atom. The molecule has 0 aliphatic carbocycles. The molecule has 2 aromatic carbocycles. The van der Waals surface area contributed by atoms with Gasteiger partial charge >= 0.3 is 0 Å². The van der Waals surface area contributed by atoms with Crippen LogP contribution in [0.5, 0.6) is 0 Å². The summed E-state index contributed by atoms with van der Waals surface area (Å²) in [6.07, 6.45) is 0. The average molecular weight is 537 g/mol. The third kappa shape index (κ3) is 4.55. The summed E-state index contributed by atoms with van der Waals surface area (Å²) in [6.45, 7) is 4.61. The minimum Gasteiger partial charge on any atom is -0.432 e. The maximum absolute atomic E-state index is 13.5. The highest BCUT2D eigenvalue weighted by Gasteiger charge is 2.39. The molecule has 1 aliphatic rings. The number of nitrogens with zero attached hydrogens (tertiary/aromatic N) is 2. The number of Topliss-reactive ketones (excluding diaryl/α,β-unsaturated/α-hetero) is 1. The van der Waals surface area contributed by atoms with E-state index in [0.29, 0.717) is 32.3 Å². The first-order chi connectivity index (χ1) is 17.6. The van der Waals surface area contributed by atoms with Crippen molar-refractivity contribution in [3.05, 3.63) is 70.4 Å². The van der Waals surface area contributed by atoms with Gasteiger partial charge in [-0.15, -0.1) is 0 Å². The lowest BCUT2D eigenvalue weighted by atomic mass is 9.88. The molecule has 2 amide bonds. The van der Waals surface area contributed by atoms with Crippen molar-refractivity contribution in [1.29, 1.82) is 0 Å². The Bertz CT molecular complexity index is 1550. The van der Waals surface area contributed by atoms with Crippen LogP contribution < -0.4 is 4.90 Å². The summed E-state index contributed by atoms with van der Waals surface area (Å²) in [5.74, 6) is -1.67. The molecular formula is C28H22Cl2N2O5. The number of furan rings is 1. The van der Waals surface area contributed by atoms with E-state index >= 15 is 0 Å². The van der Waals surface area contributed by atoms with Crippen molar-refractivity contribution in [2.24, 2.45) is 5.41 Å². The maximum atomic E-state index is 13.5. The molecule has 0 bridgehead atoms. The number of anilines is 1. The third-order valence-electron chi connectivity index (χ3n) is 6.00. The maximum Gasteiger partial charge on any atom is 0.259 e. The van der Waals surface area contributed by atoms with Gasteiger partial charge in [-0.2, -0.15) is 0 Å². The Hall–Kier alpha value is -3.52. The van der Waals surface area contributed by atoms with E-state index in [-0.39, 0.29) is 36.2 Å². The molecule has 0 radical (unpaired) electrons. The van der Waals surface area contributed by atoms with E-state index in [0.717, 1.165) is 10.5 Å². The van der Waals surface area contributed by atoms with E-state index < -0.39 is 17.2 Å². The van der Waals surface area contributed by atoms with Gasteiger partial charge in [-0.25, -0.2) is 9.88 Å². The zero-order valence-electron chi connectivity index (χ0n) is 20.3. The van der Waals surface area contributed by atoms with E-state index in [1.807, 2.05) is 30.3 Å². The number of ether oxygens (including phenoxy) is 1. The number of hydrogen-bond donors (Lipinski definition) is 0. The molecule has 1 saturated heterocycles. The molecule has 188 valence electrons. The molecule has 3 heterocycles. The largest absolute Gasteiger partial charge is 0.432 e. The first-order valence-electron chi connectivity index (χ1n) is 11.5. The molecule has 0 N–H and O–H groups in total. The van der Waals surface area contributed by atoms with Crippen LogP contribution in [0, 0.1) is 5.41 Å². The van der Waals surface area contributed by atoms with Gasteiger partial charge in [0.15, 0.2) is 5.76 Å². The molecule has 2 aromatic heterocycles. The highest BCUT2D eigenvalue weighted by atomic mass is 35.5. The summed E-state index contributed by atoms with van der Waals surface area (Å²) in [6, 6.07) is 16.2. The molecular weight excluding hydrogens is 515 g/mol.